The highest BCUT2D eigenvalue weighted by molar-refractivity contribution is 14.1. The smallest absolute Gasteiger partial charge is 0.129 e. The topological polar surface area (TPSA) is 12.4 Å². The fourth-order valence-corrected chi connectivity index (χ4v) is 3.50. The summed E-state index contributed by atoms with van der Waals surface area (Å²) in [4.78, 5) is 5.78. The van der Waals surface area contributed by atoms with Crippen LogP contribution in [0.4, 0.5) is 0 Å². The van der Waals surface area contributed by atoms with Crippen LogP contribution in [0.3, 0.4) is 0 Å². The Morgan fingerprint density at radius 3 is 2.71 bits per heavy atom. The second kappa shape index (κ2) is 5.42. The van der Waals surface area contributed by atoms with Crippen LogP contribution in [0.25, 0.3) is 0 Å². The highest BCUT2D eigenvalue weighted by Crippen LogP contribution is 2.28. The van der Waals surface area contributed by atoms with Gasteiger partial charge in [0.25, 0.3) is 0 Å². The van der Waals surface area contributed by atoms with Crippen LogP contribution in [0.1, 0.15) is 6.42 Å². The Kier molecular flexibility index (Phi) is 4.19. The average Bonchev–Trinajstić information content (AvgIpc) is 2.23. The molecule has 0 aliphatic carbocycles. The van der Waals surface area contributed by atoms with Gasteiger partial charge >= 0.3 is 0 Å². The molecular weight excluding hydrogens is 325 g/mol. The van der Waals surface area contributed by atoms with E-state index in [1.807, 2.05) is 11.8 Å². The van der Waals surface area contributed by atoms with E-state index in [0.717, 1.165) is 6.54 Å². The Morgan fingerprint density at radius 2 is 2.07 bits per heavy atom. The molecule has 0 bridgehead atoms. The molecule has 74 valence electrons. The van der Waals surface area contributed by atoms with E-state index in [-0.39, 0.29) is 0 Å². The van der Waals surface area contributed by atoms with E-state index in [4.69, 9.17) is 0 Å². The molecule has 0 amide bonds. The fraction of sp³-hybridized carbons (Fsp3) is 0.300. The number of rotatable bonds is 1. The molecule has 1 aliphatic rings. The first-order chi connectivity index (χ1) is 6.84. The van der Waals surface area contributed by atoms with Gasteiger partial charge in [-0.15, -0.1) is 0 Å². The molecule has 2 rings (SSSR count). The molecule has 0 atom stereocenters. The normalized spacial score (nSPS) is 16.5. The number of nitrogens with zero attached hydrogens (tertiary/aromatic N) is 1. The number of hydrogen-bond acceptors (Lipinski definition) is 3. The van der Waals surface area contributed by atoms with Gasteiger partial charge in [0.05, 0.1) is 0 Å². The maximum absolute atomic E-state index is 4.49. The number of thioether (sulfide) groups is 2. The molecular formula is C10H10INS2. The van der Waals surface area contributed by atoms with Crippen molar-refractivity contribution in [1.82, 2.24) is 0 Å². The predicted octanol–water partition coefficient (Wildman–Crippen LogP) is 3.88. The van der Waals surface area contributed by atoms with Gasteiger partial charge in [-0.2, -0.15) is 0 Å². The second-order valence-electron chi connectivity index (χ2n) is 2.91. The molecule has 4 heteroatoms. The van der Waals surface area contributed by atoms with Crippen molar-refractivity contribution in [3.63, 3.8) is 0 Å². The third kappa shape index (κ3) is 3.17. The minimum absolute atomic E-state index is 1.000. The monoisotopic (exact) mass is 335 g/mol. The van der Waals surface area contributed by atoms with Gasteiger partial charge in [0.1, 0.15) is 4.38 Å². The summed E-state index contributed by atoms with van der Waals surface area (Å²) in [6.45, 7) is 1.000. The highest BCUT2D eigenvalue weighted by Gasteiger charge is 2.07. The van der Waals surface area contributed by atoms with Crippen molar-refractivity contribution in [3.05, 3.63) is 27.8 Å². The van der Waals surface area contributed by atoms with Crippen LogP contribution in [0.2, 0.25) is 0 Å². The van der Waals surface area contributed by atoms with Gasteiger partial charge in [0.15, 0.2) is 0 Å². The van der Waals surface area contributed by atoms with Crippen LogP contribution in [0.15, 0.2) is 34.2 Å². The van der Waals surface area contributed by atoms with E-state index in [2.05, 4.69) is 51.8 Å². The molecule has 0 radical (unpaired) electrons. The lowest BCUT2D eigenvalue weighted by Crippen LogP contribution is -1.99. The fourth-order valence-electron chi connectivity index (χ4n) is 1.11. The zero-order valence-corrected chi connectivity index (χ0v) is 11.4. The maximum Gasteiger partial charge on any atom is 0.129 e. The lowest BCUT2D eigenvalue weighted by Gasteiger charge is -2.10. The van der Waals surface area contributed by atoms with Crippen molar-refractivity contribution < 1.29 is 0 Å². The second-order valence-corrected chi connectivity index (χ2v) is 6.56. The quantitative estimate of drug-likeness (QED) is 0.722. The summed E-state index contributed by atoms with van der Waals surface area (Å²) >= 11 is 5.98. The lowest BCUT2D eigenvalue weighted by atomic mass is 10.4. The standard InChI is InChI=1S/C10H10INS2/c11-8-2-4-9(5-3-8)14-10-12-6-1-7-13-10/h2-5H,1,6-7H2. The summed E-state index contributed by atoms with van der Waals surface area (Å²) in [6, 6.07) is 8.59. The Bertz CT molecular complexity index is 334. The van der Waals surface area contributed by atoms with Crippen LogP contribution < -0.4 is 0 Å². The number of halogens is 1. The molecule has 0 spiro atoms. The van der Waals surface area contributed by atoms with Crippen LogP contribution in [-0.4, -0.2) is 16.7 Å². The third-order valence-electron chi connectivity index (χ3n) is 1.79. The van der Waals surface area contributed by atoms with Crippen LogP contribution >= 0.6 is 46.1 Å². The molecule has 0 fully saturated rings. The summed E-state index contributed by atoms with van der Waals surface area (Å²) < 4.78 is 2.50. The Morgan fingerprint density at radius 1 is 1.29 bits per heavy atom. The van der Waals surface area contributed by atoms with Gasteiger partial charge in [-0.1, -0.05) is 23.5 Å². The summed E-state index contributed by atoms with van der Waals surface area (Å²) in [5.41, 5.74) is 0. The molecule has 0 unspecified atom stereocenters. The van der Waals surface area contributed by atoms with E-state index < -0.39 is 0 Å². The van der Waals surface area contributed by atoms with E-state index in [1.54, 1.807) is 11.8 Å². The molecule has 1 heterocycles. The van der Waals surface area contributed by atoms with Crippen molar-refractivity contribution >= 4 is 50.5 Å². The van der Waals surface area contributed by atoms with Crippen LogP contribution in [0.5, 0.6) is 0 Å². The largest absolute Gasteiger partial charge is 0.271 e. The molecule has 1 aromatic carbocycles. The minimum atomic E-state index is 1.000. The number of hydrogen-bond donors (Lipinski definition) is 0. The van der Waals surface area contributed by atoms with Gasteiger partial charge < -0.3 is 0 Å². The van der Waals surface area contributed by atoms with Crippen molar-refractivity contribution in [2.45, 2.75) is 11.3 Å². The van der Waals surface area contributed by atoms with Crippen LogP contribution in [0, 0.1) is 3.57 Å². The van der Waals surface area contributed by atoms with E-state index in [0.29, 0.717) is 0 Å². The van der Waals surface area contributed by atoms with Crippen molar-refractivity contribution in [1.29, 1.82) is 0 Å². The van der Waals surface area contributed by atoms with Crippen molar-refractivity contribution in [2.75, 3.05) is 12.3 Å². The molecule has 0 aromatic heterocycles. The summed E-state index contributed by atoms with van der Waals surface area (Å²) in [5, 5.41) is 0. The number of benzene rings is 1. The van der Waals surface area contributed by atoms with Crippen molar-refractivity contribution in [2.24, 2.45) is 4.99 Å². The SMILES string of the molecule is Ic1ccc(SC2=NCCCS2)cc1. The molecule has 1 aromatic rings. The number of aliphatic imine (C=N–C) groups is 1. The van der Waals surface area contributed by atoms with Gasteiger partial charge in [-0.05, 0) is 53.3 Å². The first-order valence-corrected chi connectivity index (χ1v) is 7.33. The minimum Gasteiger partial charge on any atom is -0.271 e. The Labute approximate surface area is 106 Å². The van der Waals surface area contributed by atoms with Crippen LogP contribution in [-0.2, 0) is 0 Å². The lowest BCUT2D eigenvalue weighted by molar-refractivity contribution is 0.942. The van der Waals surface area contributed by atoms with Gasteiger partial charge in [0, 0.05) is 20.8 Å². The zero-order chi connectivity index (χ0) is 9.80. The predicted molar refractivity (Wildman–Crippen MR) is 74.4 cm³/mol. The summed E-state index contributed by atoms with van der Waals surface area (Å²) in [7, 11) is 0. The third-order valence-corrected chi connectivity index (χ3v) is 4.79. The van der Waals surface area contributed by atoms with E-state index in [9.17, 15) is 0 Å². The van der Waals surface area contributed by atoms with Gasteiger partial charge in [-0.25, -0.2) is 0 Å². The highest BCUT2D eigenvalue weighted by atomic mass is 127. The Hall–Kier alpha value is 0.320. The first kappa shape index (κ1) is 10.8. The molecule has 14 heavy (non-hydrogen) atoms. The Balaban J connectivity index is 2.03. The molecule has 0 saturated carbocycles. The molecule has 0 saturated heterocycles. The van der Waals surface area contributed by atoms with Gasteiger partial charge in [-0.3, -0.25) is 4.99 Å². The van der Waals surface area contributed by atoms with E-state index in [1.165, 1.54) is 25.0 Å². The maximum atomic E-state index is 4.49. The van der Waals surface area contributed by atoms with E-state index >= 15 is 0 Å². The summed E-state index contributed by atoms with van der Waals surface area (Å²) in [6.07, 6.45) is 1.22. The first-order valence-electron chi connectivity index (χ1n) is 4.45. The molecule has 0 N–H and O–H groups in total. The van der Waals surface area contributed by atoms with Gasteiger partial charge in [0.2, 0.25) is 0 Å². The average molecular weight is 335 g/mol. The zero-order valence-electron chi connectivity index (χ0n) is 7.57. The molecule has 1 nitrogen and oxygen atoms in total. The summed E-state index contributed by atoms with van der Waals surface area (Å²) in [5.74, 6) is 1.22. The molecule has 1 aliphatic heterocycles. The van der Waals surface area contributed by atoms with Crippen molar-refractivity contribution in [3.8, 4) is 0 Å².